The molecule has 0 radical (unpaired) electrons. The van der Waals surface area contributed by atoms with Gasteiger partial charge in [0.05, 0.1) is 7.11 Å². The molecule has 0 aliphatic heterocycles. The smallest absolute Gasteiger partial charge is 0.161 e. The van der Waals surface area contributed by atoms with Gasteiger partial charge in [-0.2, -0.15) is 0 Å². The van der Waals surface area contributed by atoms with Crippen LogP contribution in [0.25, 0.3) is 0 Å². The van der Waals surface area contributed by atoms with Gasteiger partial charge in [0.1, 0.15) is 11.8 Å². The van der Waals surface area contributed by atoms with Gasteiger partial charge in [-0.05, 0) is 35.4 Å². The standard InChI is InChI=1S/C20H20ClN3O2.ClH/c1-25-19-9-15(10-23-12-16-3-2-8-22-11-16)4-6-18(19)26-14-17-5-7-20(21)24-13-17;/h2-9,11,13,23H,10,12,14H2,1H3;1H/p-1. The van der Waals surface area contributed by atoms with Gasteiger partial charge in [0.2, 0.25) is 0 Å². The molecule has 2 heterocycles. The Bertz CT molecular complexity index is 830. The maximum Gasteiger partial charge on any atom is 0.161 e. The highest BCUT2D eigenvalue weighted by atomic mass is 35.5. The van der Waals surface area contributed by atoms with Crippen molar-refractivity contribution in [2.24, 2.45) is 0 Å². The third kappa shape index (κ3) is 6.40. The van der Waals surface area contributed by atoms with E-state index in [1.165, 1.54) is 0 Å². The maximum absolute atomic E-state index is 5.85. The van der Waals surface area contributed by atoms with Crippen molar-refractivity contribution in [3.63, 3.8) is 0 Å². The number of hydrogen-bond donors (Lipinski definition) is 1. The van der Waals surface area contributed by atoms with Crippen molar-refractivity contribution in [2.75, 3.05) is 7.11 Å². The molecule has 2 aromatic heterocycles. The molecular formula is C20H20Cl2N3O2-. The first kappa shape index (κ1) is 21.0. The second-order valence-corrected chi connectivity index (χ2v) is 6.12. The van der Waals surface area contributed by atoms with E-state index in [0.717, 1.165) is 29.8 Å². The van der Waals surface area contributed by atoms with Gasteiger partial charge in [-0.15, -0.1) is 0 Å². The van der Waals surface area contributed by atoms with Crippen LogP contribution in [0.4, 0.5) is 0 Å². The Morgan fingerprint density at radius 2 is 1.78 bits per heavy atom. The molecule has 0 spiro atoms. The van der Waals surface area contributed by atoms with E-state index in [1.54, 1.807) is 25.6 Å². The number of hydrogen-bond acceptors (Lipinski definition) is 5. The van der Waals surface area contributed by atoms with E-state index in [-0.39, 0.29) is 12.4 Å². The SMILES string of the molecule is COc1cc(CNCc2cccnc2)ccc1OCc1ccc(Cl)nc1.[Cl-]. The molecule has 0 bridgehead atoms. The minimum Gasteiger partial charge on any atom is -1.00 e. The summed E-state index contributed by atoms with van der Waals surface area (Å²) in [6.07, 6.45) is 5.33. The van der Waals surface area contributed by atoms with Gasteiger partial charge < -0.3 is 27.2 Å². The summed E-state index contributed by atoms with van der Waals surface area (Å²) < 4.78 is 11.3. The van der Waals surface area contributed by atoms with Crippen LogP contribution in [0.15, 0.2) is 61.1 Å². The highest BCUT2D eigenvalue weighted by molar-refractivity contribution is 6.29. The largest absolute Gasteiger partial charge is 1.00 e. The van der Waals surface area contributed by atoms with Gasteiger partial charge in [-0.3, -0.25) is 4.98 Å². The summed E-state index contributed by atoms with van der Waals surface area (Å²) in [5.41, 5.74) is 3.21. The summed E-state index contributed by atoms with van der Waals surface area (Å²) in [7, 11) is 1.64. The summed E-state index contributed by atoms with van der Waals surface area (Å²) >= 11 is 5.79. The molecule has 0 amide bonds. The van der Waals surface area contributed by atoms with E-state index >= 15 is 0 Å². The van der Waals surface area contributed by atoms with E-state index in [0.29, 0.717) is 23.3 Å². The van der Waals surface area contributed by atoms with Crippen molar-refractivity contribution in [3.05, 3.63) is 82.9 Å². The van der Waals surface area contributed by atoms with Gasteiger partial charge in [0.15, 0.2) is 11.5 Å². The van der Waals surface area contributed by atoms with Gasteiger partial charge in [0, 0.05) is 37.2 Å². The van der Waals surface area contributed by atoms with Gasteiger partial charge in [0.25, 0.3) is 0 Å². The summed E-state index contributed by atoms with van der Waals surface area (Å²) in [6.45, 7) is 1.89. The number of pyridine rings is 2. The zero-order chi connectivity index (χ0) is 18.2. The number of methoxy groups -OCH3 is 1. The van der Waals surface area contributed by atoms with Crippen molar-refractivity contribution in [1.29, 1.82) is 0 Å². The fourth-order valence-corrected chi connectivity index (χ4v) is 2.56. The highest BCUT2D eigenvalue weighted by Gasteiger charge is 2.07. The molecule has 27 heavy (non-hydrogen) atoms. The number of halogens is 2. The Morgan fingerprint density at radius 3 is 2.48 bits per heavy atom. The fourth-order valence-electron chi connectivity index (χ4n) is 2.45. The first-order valence-electron chi connectivity index (χ1n) is 8.24. The number of nitrogens with one attached hydrogen (secondary N) is 1. The van der Waals surface area contributed by atoms with Crippen LogP contribution in [0.2, 0.25) is 5.15 Å². The van der Waals surface area contributed by atoms with Crippen LogP contribution in [-0.2, 0) is 19.7 Å². The molecule has 1 N–H and O–H groups in total. The molecule has 142 valence electrons. The Balaban J connectivity index is 0.00000261. The number of benzene rings is 1. The van der Waals surface area contributed by atoms with Crippen LogP contribution in [-0.4, -0.2) is 17.1 Å². The van der Waals surface area contributed by atoms with Crippen LogP contribution in [0.1, 0.15) is 16.7 Å². The van der Waals surface area contributed by atoms with Crippen molar-refractivity contribution in [1.82, 2.24) is 15.3 Å². The van der Waals surface area contributed by atoms with Gasteiger partial charge in [-0.1, -0.05) is 29.8 Å². The van der Waals surface area contributed by atoms with Crippen LogP contribution in [0.3, 0.4) is 0 Å². The predicted octanol–water partition coefficient (Wildman–Crippen LogP) is 1.01. The summed E-state index contributed by atoms with van der Waals surface area (Å²) in [6, 6.07) is 13.5. The molecule has 3 aromatic rings. The first-order chi connectivity index (χ1) is 12.7. The van der Waals surface area contributed by atoms with Crippen LogP contribution in [0, 0.1) is 0 Å². The molecule has 0 aliphatic carbocycles. The van der Waals surface area contributed by atoms with E-state index in [9.17, 15) is 0 Å². The maximum atomic E-state index is 5.85. The lowest BCUT2D eigenvalue weighted by atomic mass is 10.2. The number of nitrogens with zero attached hydrogens (tertiary/aromatic N) is 2. The topological polar surface area (TPSA) is 56.3 Å². The third-order valence-electron chi connectivity index (χ3n) is 3.79. The lowest BCUT2D eigenvalue weighted by Gasteiger charge is -2.13. The number of ether oxygens (including phenoxy) is 2. The second kappa shape index (κ2) is 10.7. The van der Waals surface area contributed by atoms with Crippen LogP contribution in [0.5, 0.6) is 11.5 Å². The van der Waals surface area contributed by atoms with E-state index in [2.05, 4.69) is 15.3 Å². The Hall–Kier alpha value is -2.34. The minimum atomic E-state index is 0. The van der Waals surface area contributed by atoms with Crippen molar-refractivity contribution in [3.8, 4) is 11.5 Å². The average molecular weight is 405 g/mol. The molecule has 1 aromatic carbocycles. The molecule has 0 fully saturated rings. The summed E-state index contributed by atoms with van der Waals surface area (Å²) in [4.78, 5) is 8.16. The zero-order valence-corrected chi connectivity index (χ0v) is 16.4. The molecule has 0 unspecified atom stereocenters. The Labute approximate surface area is 170 Å². The first-order valence-corrected chi connectivity index (χ1v) is 8.62. The molecule has 3 rings (SSSR count). The molecule has 0 aliphatic rings. The average Bonchev–Trinajstić information content (AvgIpc) is 2.69. The minimum absolute atomic E-state index is 0. The molecule has 5 nitrogen and oxygen atoms in total. The van der Waals surface area contributed by atoms with Crippen molar-refractivity contribution in [2.45, 2.75) is 19.7 Å². The second-order valence-electron chi connectivity index (χ2n) is 5.73. The quantitative estimate of drug-likeness (QED) is 0.567. The van der Waals surface area contributed by atoms with Gasteiger partial charge >= 0.3 is 0 Å². The zero-order valence-electron chi connectivity index (χ0n) is 14.9. The molecule has 0 saturated heterocycles. The predicted molar refractivity (Wildman–Crippen MR) is 101 cm³/mol. The molecule has 0 atom stereocenters. The van der Waals surface area contributed by atoms with Crippen LogP contribution >= 0.6 is 11.6 Å². The lowest BCUT2D eigenvalue weighted by molar-refractivity contribution is -0.00000589. The Kier molecular flexibility index (Phi) is 8.33. The van der Waals surface area contributed by atoms with E-state index in [4.69, 9.17) is 21.1 Å². The number of aromatic nitrogens is 2. The molecular weight excluding hydrogens is 385 g/mol. The summed E-state index contributed by atoms with van der Waals surface area (Å²) in [5, 5.41) is 3.86. The number of rotatable bonds is 8. The monoisotopic (exact) mass is 404 g/mol. The lowest BCUT2D eigenvalue weighted by Crippen LogP contribution is -3.00. The normalized spacial score (nSPS) is 10.1. The van der Waals surface area contributed by atoms with Crippen molar-refractivity contribution >= 4 is 11.6 Å². The fraction of sp³-hybridized carbons (Fsp3) is 0.200. The Morgan fingerprint density at radius 1 is 0.963 bits per heavy atom. The summed E-state index contributed by atoms with van der Waals surface area (Å²) in [5.74, 6) is 1.39. The van der Waals surface area contributed by atoms with Gasteiger partial charge in [-0.25, -0.2) is 4.98 Å². The highest BCUT2D eigenvalue weighted by Crippen LogP contribution is 2.29. The van der Waals surface area contributed by atoms with E-state index in [1.807, 2.05) is 42.6 Å². The third-order valence-corrected chi connectivity index (χ3v) is 4.02. The molecule has 7 heteroatoms. The van der Waals surface area contributed by atoms with E-state index < -0.39 is 0 Å². The van der Waals surface area contributed by atoms with Crippen molar-refractivity contribution < 1.29 is 21.9 Å². The van der Waals surface area contributed by atoms with Crippen LogP contribution < -0.4 is 27.2 Å². The molecule has 0 saturated carbocycles.